The minimum absolute atomic E-state index is 0.0737. The Kier molecular flexibility index (Phi) is 5.52. The first-order valence-corrected chi connectivity index (χ1v) is 9.35. The normalized spacial score (nSPS) is 10.6. The van der Waals surface area contributed by atoms with Crippen LogP contribution in [0.15, 0.2) is 53.7 Å². The number of thioether (sulfide) groups is 1. The van der Waals surface area contributed by atoms with Gasteiger partial charge in [0.15, 0.2) is 5.82 Å². The lowest BCUT2D eigenvalue weighted by atomic mass is 10.2. The highest BCUT2D eigenvalue weighted by atomic mass is 127. The first-order chi connectivity index (χ1) is 11.6. The summed E-state index contributed by atoms with van der Waals surface area (Å²) in [5, 5.41) is 10.5. The zero-order valence-corrected chi connectivity index (χ0v) is 15.9. The van der Waals surface area contributed by atoms with E-state index >= 15 is 0 Å². The monoisotopic (exact) mass is 450 g/mol. The Hall–Kier alpha value is -1.87. The van der Waals surface area contributed by atoms with Gasteiger partial charge in [-0.25, -0.2) is 4.98 Å². The van der Waals surface area contributed by atoms with Gasteiger partial charge in [0.1, 0.15) is 0 Å². The summed E-state index contributed by atoms with van der Waals surface area (Å²) in [6.45, 7) is 1.98. The molecular weight excluding hydrogens is 435 g/mol. The minimum Gasteiger partial charge on any atom is -0.325 e. The summed E-state index contributed by atoms with van der Waals surface area (Å²) in [6, 6.07) is 15.7. The Bertz CT molecular complexity index is 851. The van der Waals surface area contributed by atoms with Gasteiger partial charge in [-0.2, -0.15) is 0 Å². The number of aromatic amines is 1. The van der Waals surface area contributed by atoms with E-state index in [0.717, 1.165) is 20.4 Å². The number of hydrogen-bond donors (Lipinski definition) is 2. The number of carbonyl (C=O) groups excluding carboxylic acids is 1. The molecule has 0 aliphatic carbocycles. The quantitative estimate of drug-likeness (QED) is 0.454. The Balaban J connectivity index is 1.58. The number of carbonyl (C=O) groups is 1. The lowest BCUT2D eigenvalue weighted by Gasteiger charge is -2.07. The molecule has 0 spiro atoms. The maximum Gasteiger partial charge on any atom is 0.234 e. The number of nitrogens with one attached hydrogen (secondary N) is 2. The summed E-state index contributed by atoms with van der Waals surface area (Å²) in [7, 11) is 0. The molecule has 2 N–H and O–H groups in total. The zero-order chi connectivity index (χ0) is 16.9. The lowest BCUT2D eigenvalue weighted by molar-refractivity contribution is -0.113. The molecule has 0 bridgehead atoms. The molecule has 122 valence electrons. The Morgan fingerprint density at radius 3 is 2.79 bits per heavy atom. The number of amides is 1. The molecule has 0 aliphatic rings. The first kappa shape index (κ1) is 17.0. The molecule has 0 fully saturated rings. The Morgan fingerprint density at radius 2 is 2.04 bits per heavy atom. The number of benzene rings is 2. The van der Waals surface area contributed by atoms with Crippen molar-refractivity contribution in [1.29, 1.82) is 0 Å². The maximum atomic E-state index is 12.1. The molecule has 1 heterocycles. The van der Waals surface area contributed by atoms with Crippen LogP contribution in [-0.4, -0.2) is 26.8 Å². The van der Waals surface area contributed by atoms with Crippen LogP contribution >= 0.6 is 34.4 Å². The Labute approximate surface area is 157 Å². The van der Waals surface area contributed by atoms with Gasteiger partial charge in [0.05, 0.1) is 5.75 Å². The number of hydrogen-bond acceptors (Lipinski definition) is 4. The Morgan fingerprint density at radius 1 is 1.25 bits per heavy atom. The van der Waals surface area contributed by atoms with Gasteiger partial charge in [0.25, 0.3) is 0 Å². The van der Waals surface area contributed by atoms with Crippen molar-refractivity contribution in [3.8, 4) is 11.4 Å². The molecule has 2 aromatic carbocycles. The molecule has 24 heavy (non-hydrogen) atoms. The molecule has 3 rings (SSSR count). The van der Waals surface area contributed by atoms with Crippen molar-refractivity contribution in [3.05, 3.63) is 57.7 Å². The van der Waals surface area contributed by atoms with Crippen LogP contribution in [0.25, 0.3) is 11.4 Å². The summed E-state index contributed by atoms with van der Waals surface area (Å²) < 4.78 is 1.15. The molecule has 0 atom stereocenters. The van der Waals surface area contributed by atoms with E-state index in [0.29, 0.717) is 11.0 Å². The molecule has 7 heteroatoms. The molecule has 1 amide bonds. The van der Waals surface area contributed by atoms with Gasteiger partial charge in [-0.15, -0.1) is 5.10 Å². The first-order valence-electron chi connectivity index (χ1n) is 7.28. The van der Waals surface area contributed by atoms with Crippen LogP contribution in [0.5, 0.6) is 0 Å². The van der Waals surface area contributed by atoms with Crippen molar-refractivity contribution in [1.82, 2.24) is 15.2 Å². The molecule has 5 nitrogen and oxygen atoms in total. The SMILES string of the molecule is Cc1cc(I)ccc1NC(=O)CSc1n[nH]c(-c2ccccc2)n1. The van der Waals surface area contributed by atoms with E-state index in [1.165, 1.54) is 11.8 Å². The van der Waals surface area contributed by atoms with Crippen molar-refractivity contribution < 1.29 is 4.79 Å². The van der Waals surface area contributed by atoms with E-state index in [-0.39, 0.29) is 11.7 Å². The molecule has 0 saturated carbocycles. The van der Waals surface area contributed by atoms with Crippen LogP contribution < -0.4 is 5.32 Å². The lowest BCUT2D eigenvalue weighted by Crippen LogP contribution is -2.15. The number of anilines is 1. The molecule has 0 unspecified atom stereocenters. The molecule has 1 aromatic heterocycles. The summed E-state index contributed by atoms with van der Waals surface area (Å²) >= 11 is 3.56. The smallest absolute Gasteiger partial charge is 0.234 e. The molecule has 0 aliphatic heterocycles. The fourth-order valence-electron chi connectivity index (χ4n) is 2.12. The van der Waals surface area contributed by atoms with Gasteiger partial charge < -0.3 is 5.32 Å². The van der Waals surface area contributed by atoms with Gasteiger partial charge >= 0.3 is 0 Å². The highest BCUT2D eigenvalue weighted by Crippen LogP contribution is 2.20. The molecular formula is C17H15IN4OS. The highest BCUT2D eigenvalue weighted by molar-refractivity contribution is 14.1. The van der Waals surface area contributed by atoms with Crippen molar-refractivity contribution >= 4 is 45.9 Å². The van der Waals surface area contributed by atoms with Crippen molar-refractivity contribution in [2.75, 3.05) is 11.1 Å². The van der Waals surface area contributed by atoms with Crippen LogP contribution in [0.3, 0.4) is 0 Å². The van der Waals surface area contributed by atoms with Crippen LogP contribution in [0.4, 0.5) is 5.69 Å². The number of aryl methyl sites for hydroxylation is 1. The van der Waals surface area contributed by atoms with Gasteiger partial charge in [-0.3, -0.25) is 9.89 Å². The summed E-state index contributed by atoms with van der Waals surface area (Å²) in [6.07, 6.45) is 0. The van der Waals surface area contributed by atoms with E-state index in [2.05, 4.69) is 43.1 Å². The minimum atomic E-state index is -0.0737. The average Bonchev–Trinajstić information content (AvgIpc) is 3.05. The van der Waals surface area contributed by atoms with E-state index in [9.17, 15) is 4.79 Å². The van der Waals surface area contributed by atoms with Crippen LogP contribution in [0, 0.1) is 10.5 Å². The maximum absolute atomic E-state index is 12.1. The molecule has 0 radical (unpaired) electrons. The average molecular weight is 450 g/mol. The summed E-state index contributed by atoms with van der Waals surface area (Å²) in [5.41, 5.74) is 2.85. The third-order valence-electron chi connectivity index (χ3n) is 3.31. The number of nitrogens with zero attached hydrogens (tertiary/aromatic N) is 2. The van der Waals surface area contributed by atoms with E-state index < -0.39 is 0 Å². The van der Waals surface area contributed by atoms with Gasteiger partial charge in [0.2, 0.25) is 11.1 Å². The van der Waals surface area contributed by atoms with Crippen molar-refractivity contribution in [2.45, 2.75) is 12.1 Å². The van der Waals surface area contributed by atoms with Crippen LogP contribution in [-0.2, 0) is 4.79 Å². The third-order valence-corrected chi connectivity index (χ3v) is 4.83. The zero-order valence-electron chi connectivity index (χ0n) is 12.9. The number of H-pyrrole nitrogens is 1. The largest absolute Gasteiger partial charge is 0.325 e. The number of rotatable bonds is 5. The second-order valence-electron chi connectivity index (χ2n) is 5.13. The number of halogens is 1. The van der Waals surface area contributed by atoms with E-state index in [1.54, 1.807) is 0 Å². The standard InChI is InChI=1S/C17H15IN4OS/c1-11-9-13(18)7-8-14(11)19-15(23)10-24-17-20-16(21-22-17)12-5-3-2-4-6-12/h2-9H,10H2,1H3,(H,19,23)(H,20,21,22). The van der Waals surface area contributed by atoms with Crippen molar-refractivity contribution in [3.63, 3.8) is 0 Å². The van der Waals surface area contributed by atoms with E-state index in [4.69, 9.17) is 0 Å². The number of aromatic nitrogens is 3. The molecule has 0 saturated heterocycles. The van der Waals surface area contributed by atoms with Gasteiger partial charge in [-0.05, 0) is 53.3 Å². The molecule has 3 aromatic rings. The van der Waals surface area contributed by atoms with Gasteiger partial charge in [0, 0.05) is 14.8 Å². The summed E-state index contributed by atoms with van der Waals surface area (Å²) in [5.74, 6) is 0.889. The van der Waals surface area contributed by atoms with Crippen LogP contribution in [0.1, 0.15) is 5.56 Å². The fourth-order valence-corrected chi connectivity index (χ4v) is 3.37. The summed E-state index contributed by atoms with van der Waals surface area (Å²) in [4.78, 5) is 16.5. The van der Waals surface area contributed by atoms with E-state index in [1.807, 2.05) is 55.5 Å². The second kappa shape index (κ2) is 7.80. The predicted molar refractivity (Wildman–Crippen MR) is 105 cm³/mol. The topological polar surface area (TPSA) is 70.7 Å². The van der Waals surface area contributed by atoms with Gasteiger partial charge in [-0.1, -0.05) is 42.1 Å². The van der Waals surface area contributed by atoms with Crippen molar-refractivity contribution in [2.24, 2.45) is 0 Å². The highest BCUT2D eigenvalue weighted by Gasteiger charge is 2.10. The fraction of sp³-hybridized carbons (Fsp3) is 0.118. The van der Waals surface area contributed by atoms with Crippen LogP contribution in [0.2, 0.25) is 0 Å². The third kappa shape index (κ3) is 4.35. The second-order valence-corrected chi connectivity index (χ2v) is 7.32. The predicted octanol–water partition coefficient (Wildman–Crippen LogP) is 4.12.